The van der Waals surface area contributed by atoms with Crippen molar-refractivity contribution in [2.24, 2.45) is 0 Å². The van der Waals surface area contributed by atoms with Gasteiger partial charge in [0.1, 0.15) is 30.1 Å². The Kier molecular flexibility index (Phi) is 6.28. The molecule has 0 atom stereocenters. The summed E-state index contributed by atoms with van der Waals surface area (Å²) in [5, 5.41) is 19.1. The van der Waals surface area contributed by atoms with Crippen LogP contribution in [0.1, 0.15) is 33.9 Å². The minimum Gasteiger partial charge on any atom is -0.489 e. The molecule has 0 aliphatic rings. The minimum absolute atomic E-state index is 0.310. The summed E-state index contributed by atoms with van der Waals surface area (Å²) in [5.74, 6) is 0.733. The van der Waals surface area contributed by atoms with E-state index in [9.17, 15) is 14.9 Å². The molecule has 1 N–H and O–H groups in total. The molecule has 2 aromatic heterocycles. The summed E-state index contributed by atoms with van der Waals surface area (Å²) >= 11 is 0. The van der Waals surface area contributed by atoms with E-state index in [4.69, 9.17) is 4.74 Å². The lowest BCUT2D eigenvalue weighted by atomic mass is 10.1. The molecule has 5 rings (SSSR count). The van der Waals surface area contributed by atoms with Gasteiger partial charge < -0.3 is 14.3 Å². The molecule has 0 unspecified atom stereocenters. The first-order chi connectivity index (χ1) is 18.0. The number of aromatic amines is 1. The smallest absolute Gasteiger partial charge is 0.149 e. The Morgan fingerprint density at radius 2 is 1.84 bits per heavy atom. The Bertz CT molecular complexity index is 1730. The number of fused-ring (bicyclic) bond motifs is 1. The first-order valence-electron chi connectivity index (χ1n) is 11.6. The van der Waals surface area contributed by atoms with E-state index < -0.39 is 0 Å². The van der Waals surface area contributed by atoms with Crippen molar-refractivity contribution in [1.29, 1.82) is 10.5 Å². The highest BCUT2D eigenvalue weighted by atomic mass is 19.1. The number of hydrogen-bond donors (Lipinski definition) is 1. The highest BCUT2D eigenvalue weighted by Gasteiger charge is 2.14. The average Bonchev–Trinajstić information content (AvgIpc) is 3.45. The molecule has 2 heterocycles. The molecule has 0 amide bonds. The van der Waals surface area contributed by atoms with Crippen molar-refractivity contribution in [3.8, 4) is 23.6 Å². The molecular formula is C30H22FN5O. The Balaban J connectivity index is 1.39. The van der Waals surface area contributed by atoms with Crippen molar-refractivity contribution >= 4 is 22.7 Å². The van der Waals surface area contributed by atoms with Gasteiger partial charge in [-0.1, -0.05) is 18.2 Å². The van der Waals surface area contributed by atoms with Crippen molar-refractivity contribution in [3.63, 3.8) is 0 Å². The zero-order valence-electron chi connectivity index (χ0n) is 20.3. The van der Waals surface area contributed by atoms with Crippen LogP contribution in [0.3, 0.4) is 0 Å². The normalized spacial score (nSPS) is 11.3. The molecule has 0 aliphatic carbocycles. The fourth-order valence-electron chi connectivity index (χ4n) is 4.36. The number of nitriles is 2. The van der Waals surface area contributed by atoms with Crippen molar-refractivity contribution in [2.45, 2.75) is 20.5 Å². The predicted molar refractivity (Wildman–Crippen MR) is 140 cm³/mol. The van der Waals surface area contributed by atoms with Crippen LogP contribution in [0.4, 0.5) is 4.39 Å². The highest BCUT2D eigenvalue weighted by molar-refractivity contribution is 5.90. The van der Waals surface area contributed by atoms with Crippen LogP contribution in [0.5, 0.6) is 5.75 Å². The summed E-state index contributed by atoms with van der Waals surface area (Å²) in [5.41, 5.74) is 6.75. The molecule has 0 fully saturated rings. The lowest BCUT2D eigenvalue weighted by Crippen LogP contribution is -2.01. The van der Waals surface area contributed by atoms with Crippen LogP contribution in [0.15, 0.2) is 72.8 Å². The third kappa shape index (κ3) is 4.71. The van der Waals surface area contributed by atoms with E-state index in [1.54, 1.807) is 18.2 Å². The van der Waals surface area contributed by atoms with Crippen molar-refractivity contribution in [1.82, 2.24) is 14.5 Å². The Hall–Kier alpha value is -5.14. The van der Waals surface area contributed by atoms with Gasteiger partial charge in [-0.15, -0.1) is 0 Å². The predicted octanol–water partition coefficient (Wildman–Crippen LogP) is 6.62. The molecule has 180 valence electrons. The van der Waals surface area contributed by atoms with Gasteiger partial charge in [0, 0.05) is 22.6 Å². The van der Waals surface area contributed by atoms with Gasteiger partial charge in [0.2, 0.25) is 0 Å². The van der Waals surface area contributed by atoms with Crippen LogP contribution in [-0.4, -0.2) is 14.5 Å². The number of H-pyrrole nitrogens is 1. The van der Waals surface area contributed by atoms with Crippen LogP contribution in [-0.2, 0) is 6.61 Å². The summed E-state index contributed by atoms with van der Waals surface area (Å²) in [6.45, 7) is 4.31. The number of aryl methyl sites for hydroxylation is 1. The molecule has 0 radical (unpaired) electrons. The molecule has 5 aromatic rings. The molecule has 0 saturated carbocycles. The van der Waals surface area contributed by atoms with Gasteiger partial charge in [0.05, 0.1) is 28.2 Å². The van der Waals surface area contributed by atoms with Crippen molar-refractivity contribution in [2.75, 3.05) is 0 Å². The van der Waals surface area contributed by atoms with Crippen LogP contribution in [0.2, 0.25) is 0 Å². The van der Waals surface area contributed by atoms with E-state index in [0.717, 1.165) is 28.2 Å². The Labute approximate surface area is 213 Å². The third-order valence-electron chi connectivity index (χ3n) is 6.22. The second-order valence-electron chi connectivity index (χ2n) is 8.63. The second-order valence-corrected chi connectivity index (χ2v) is 8.63. The van der Waals surface area contributed by atoms with Crippen LogP contribution in [0, 0.1) is 42.3 Å². The molecule has 0 aliphatic heterocycles. The summed E-state index contributed by atoms with van der Waals surface area (Å²) < 4.78 is 21.6. The molecule has 3 aromatic carbocycles. The third-order valence-corrected chi connectivity index (χ3v) is 6.22. The average molecular weight is 488 g/mol. The number of hydrogen-bond acceptors (Lipinski definition) is 4. The van der Waals surface area contributed by atoms with E-state index in [-0.39, 0.29) is 5.82 Å². The summed E-state index contributed by atoms with van der Waals surface area (Å²) in [6.07, 6.45) is 1.79. The van der Waals surface area contributed by atoms with Gasteiger partial charge in [0.15, 0.2) is 0 Å². The van der Waals surface area contributed by atoms with E-state index in [2.05, 4.69) is 26.7 Å². The number of allylic oxidation sites excluding steroid dienone is 1. The maximum absolute atomic E-state index is 13.6. The van der Waals surface area contributed by atoms with Crippen LogP contribution >= 0.6 is 0 Å². The number of rotatable bonds is 6. The fourth-order valence-corrected chi connectivity index (χ4v) is 4.36. The first kappa shape index (κ1) is 23.6. The van der Waals surface area contributed by atoms with Crippen molar-refractivity contribution in [3.05, 3.63) is 113 Å². The monoisotopic (exact) mass is 487 g/mol. The van der Waals surface area contributed by atoms with Crippen LogP contribution < -0.4 is 4.74 Å². The highest BCUT2D eigenvalue weighted by Crippen LogP contribution is 2.27. The number of nitrogens with zero attached hydrogens (tertiary/aromatic N) is 4. The number of nitrogens with one attached hydrogen (secondary N) is 1. The Morgan fingerprint density at radius 3 is 2.59 bits per heavy atom. The van der Waals surface area contributed by atoms with Gasteiger partial charge in [0.25, 0.3) is 0 Å². The molecule has 37 heavy (non-hydrogen) atoms. The standard InChI is InChI=1S/C30H22FN5O/c1-19-13-23(14-24(17-33)30-34-28-12-7-25(31)15-29(28)35-30)20(2)36(19)26-8-10-27(11-9-26)37-18-22-6-4-3-5-21(22)16-32/h3-15H,18H2,1-2H3,(H,34,35)/b24-14-. The number of halogens is 1. The Morgan fingerprint density at radius 1 is 1.05 bits per heavy atom. The lowest BCUT2D eigenvalue weighted by Gasteiger charge is -2.12. The number of imidazole rings is 1. The summed E-state index contributed by atoms with van der Waals surface area (Å²) in [4.78, 5) is 7.48. The molecule has 0 spiro atoms. The van der Waals surface area contributed by atoms with Crippen molar-refractivity contribution < 1.29 is 9.13 Å². The van der Waals surface area contributed by atoms with Gasteiger partial charge in [-0.3, -0.25) is 0 Å². The SMILES string of the molecule is Cc1cc(/C=C(/C#N)c2nc3ccc(F)cc3[nH]2)c(C)n1-c1ccc(OCc2ccccc2C#N)cc1. The molecule has 0 saturated heterocycles. The van der Waals surface area contributed by atoms with E-state index in [0.29, 0.717) is 40.4 Å². The number of ether oxygens (including phenoxy) is 1. The summed E-state index contributed by atoms with van der Waals surface area (Å²) in [6, 6.07) is 25.8. The molecule has 0 bridgehead atoms. The van der Waals surface area contributed by atoms with Gasteiger partial charge >= 0.3 is 0 Å². The fraction of sp³-hybridized carbons (Fsp3) is 0.100. The summed E-state index contributed by atoms with van der Waals surface area (Å²) in [7, 11) is 0. The topological polar surface area (TPSA) is 90.4 Å². The second kappa shape index (κ2) is 9.85. The zero-order valence-corrected chi connectivity index (χ0v) is 20.3. The van der Waals surface area contributed by atoms with Gasteiger partial charge in [-0.2, -0.15) is 10.5 Å². The van der Waals surface area contributed by atoms with Gasteiger partial charge in [-0.25, -0.2) is 9.37 Å². The zero-order chi connectivity index (χ0) is 25.9. The lowest BCUT2D eigenvalue weighted by molar-refractivity contribution is 0.306. The number of aromatic nitrogens is 3. The van der Waals surface area contributed by atoms with E-state index >= 15 is 0 Å². The maximum Gasteiger partial charge on any atom is 0.149 e. The largest absolute Gasteiger partial charge is 0.489 e. The van der Waals surface area contributed by atoms with Crippen LogP contribution in [0.25, 0.3) is 28.4 Å². The molecular weight excluding hydrogens is 465 g/mol. The van der Waals surface area contributed by atoms with E-state index in [1.165, 1.54) is 12.1 Å². The maximum atomic E-state index is 13.6. The quantitative estimate of drug-likeness (QED) is 0.272. The molecule has 7 heteroatoms. The molecule has 6 nitrogen and oxygen atoms in total. The van der Waals surface area contributed by atoms with Gasteiger partial charge in [-0.05, 0) is 80.1 Å². The first-order valence-corrected chi connectivity index (χ1v) is 11.6. The minimum atomic E-state index is -0.364. The van der Waals surface area contributed by atoms with E-state index in [1.807, 2.05) is 62.4 Å². The number of benzene rings is 3.